The Morgan fingerprint density at radius 1 is 1.53 bits per heavy atom. The maximum atomic E-state index is 12.4. The van der Waals surface area contributed by atoms with Gasteiger partial charge in [0.1, 0.15) is 0 Å². The molecule has 0 aromatic carbocycles. The quantitative estimate of drug-likeness (QED) is 0.884. The van der Waals surface area contributed by atoms with Gasteiger partial charge in [-0.2, -0.15) is 5.10 Å². The Morgan fingerprint density at radius 3 is 2.95 bits per heavy atom. The highest BCUT2D eigenvalue weighted by Crippen LogP contribution is 2.21. The zero-order chi connectivity index (χ0) is 13.8. The van der Waals surface area contributed by atoms with Crippen molar-refractivity contribution in [2.45, 2.75) is 52.1 Å². The van der Waals surface area contributed by atoms with E-state index in [4.69, 9.17) is 0 Å². The van der Waals surface area contributed by atoms with Crippen LogP contribution < -0.4 is 10.2 Å². The standard InChI is InChI=1S/C14H24N4O/c1-4-7-15-13-6-5-8-17(14(13)19)12-9-16-18(10-12)11(2)3/h9-11,13,15H,4-8H2,1-3H3. The molecule has 1 amide bonds. The van der Waals surface area contributed by atoms with Crippen molar-refractivity contribution in [1.82, 2.24) is 15.1 Å². The van der Waals surface area contributed by atoms with Crippen LogP contribution in [-0.4, -0.2) is 34.8 Å². The molecule has 1 aliphatic rings. The summed E-state index contributed by atoms with van der Waals surface area (Å²) in [7, 11) is 0. The Labute approximate surface area is 115 Å². The molecule has 1 aliphatic heterocycles. The third kappa shape index (κ3) is 3.15. The normalized spacial score (nSPS) is 20.3. The zero-order valence-electron chi connectivity index (χ0n) is 12.1. The molecule has 0 bridgehead atoms. The molecule has 0 spiro atoms. The molecule has 1 saturated heterocycles. The number of hydrogen-bond donors (Lipinski definition) is 1. The largest absolute Gasteiger partial charge is 0.308 e. The molecule has 106 valence electrons. The number of anilines is 1. The lowest BCUT2D eigenvalue weighted by atomic mass is 10.0. The molecular formula is C14H24N4O. The first-order chi connectivity index (χ1) is 9.13. The van der Waals surface area contributed by atoms with Gasteiger partial charge in [0.15, 0.2) is 0 Å². The summed E-state index contributed by atoms with van der Waals surface area (Å²) in [6, 6.07) is 0.291. The summed E-state index contributed by atoms with van der Waals surface area (Å²) in [5, 5.41) is 7.65. The minimum absolute atomic E-state index is 0.0314. The highest BCUT2D eigenvalue weighted by atomic mass is 16.2. The van der Waals surface area contributed by atoms with Crippen LogP contribution >= 0.6 is 0 Å². The highest BCUT2D eigenvalue weighted by molar-refractivity contribution is 5.97. The van der Waals surface area contributed by atoms with E-state index in [0.717, 1.165) is 38.0 Å². The van der Waals surface area contributed by atoms with Crippen molar-refractivity contribution in [1.29, 1.82) is 0 Å². The highest BCUT2D eigenvalue weighted by Gasteiger charge is 2.29. The van der Waals surface area contributed by atoms with Crippen LogP contribution in [-0.2, 0) is 4.79 Å². The molecule has 1 atom stereocenters. The van der Waals surface area contributed by atoms with Crippen LogP contribution in [0.1, 0.15) is 46.1 Å². The summed E-state index contributed by atoms with van der Waals surface area (Å²) in [6.45, 7) is 7.98. The topological polar surface area (TPSA) is 50.2 Å². The number of nitrogens with zero attached hydrogens (tertiary/aromatic N) is 3. The van der Waals surface area contributed by atoms with Gasteiger partial charge in [0.25, 0.3) is 0 Å². The van der Waals surface area contributed by atoms with Crippen LogP contribution in [0.25, 0.3) is 0 Å². The molecule has 1 unspecified atom stereocenters. The molecule has 1 aromatic heterocycles. The predicted octanol–water partition coefficient (Wildman–Crippen LogP) is 1.96. The Bertz CT molecular complexity index is 427. The summed E-state index contributed by atoms with van der Waals surface area (Å²) in [6.07, 6.45) is 6.79. The van der Waals surface area contributed by atoms with Gasteiger partial charge < -0.3 is 10.2 Å². The van der Waals surface area contributed by atoms with E-state index in [-0.39, 0.29) is 11.9 Å². The fraction of sp³-hybridized carbons (Fsp3) is 0.714. The Balaban J connectivity index is 2.07. The minimum Gasteiger partial charge on any atom is -0.308 e. The van der Waals surface area contributed by atoms with Gasteiger partial charge in [0.05, 0.1) is 17.9 Å². The SMILES string of the molecule is CCCNC1CCCN(c2cnn(C(C)C)c2)C1=O. The number of carbonyl (C=O) groups is 1. The van der Waals surface area contributed by atoms with E-state index in [1.54, 1.807) is 6.20 Å². The van der Waals surface area contributed by atoms with Crippen molar-refractivity contribution in [3.05, 3.63) is 12.4 Å². The number of rotatable bonds is 5. The monoisotopic (exact) mass is 264 g/mol. The molecule has 0 radical (unpaired) electrons. The Morgan fingerprint density at radius 2 is 2.32 bits per heavy atom. The van der Waals surface area contributed by atoms with Crippen molar-refractivity contribution in [2.75, 3.05) is 18.0 Å². The molecule has 2 rings (SSSR count). The minimum atomic E-state index is -0.0314. The van der Waals surface area contributed by atoms with E-state index < -0.39 is 0 Å². The van der Waals surface area contributed by atoms with E-state index in [9.17, 15) is 4.79 Å². The predicted molar refractivity (Wildman–Crippen MR) is 76.3 cm³/mol. The molecule has 5 heteroatoms. The lowest BCUT2D eigenvalue weighted by Crippen LogP contribution is -2.51. The molecule has 1 aromatic rings. The molecular weight excluding hydrogens is 240 g/mol. The summed E-state index contributed by atoms with van der Waals surface area (Å²) >= 11 is 0. The molecule has 0 saturated carbocycles. The molecule has 1 fully saturated rings. The molecule has 1 N–H and O–H groups in total. The second kappa shape index (κ2) is 6.19. The fourth-order valence-electron chi connectivity index (χ4n) is 2.39. The van der Waals surface area contributed by atoms with Crippen molar-refractivity contribution in [3.63, 3.8) is 0 Å². The van der Waals surface area contributed by atoms with Gasteiger partial charge in [0, 0.05) is 18.8 Å². The van der Waals surface area contributed by atoms with Gasteiger partial charge in [-0.05, 0) is 39.7 Å². The van der Waals surface area contributed by atoms with E-state index >= 15 is 0 Å². The lowest BCUT2D eigenvalue weighted by Gasteiger charge is -2.31. The smallest absolute Gasteiger partial charge is 0.244 e. The number of carbonyl (C=O) groups excluding carboxylic acids is 1. The zero-order valence-corrected chi connectivity index (χ0v) is 12.1. The van der Waals surface area contributed by atoms with E-state index in [1.165, 1.54) is 0 Å². The van der Waals surface area contributed by atoms with Crippen molar-refractivity contribution in [3.8, 4) is 0 Å². The second-order valence-corrected chi connectivity index (χ2v) is 5.41. The molecule has 5 nitrogen and oxygen atoms in total. The van der Waals surface area contributed by atoms with Crippen molar-refractivity contribution >= 4 is 11.6 Å². The third-order valence-electron chi connectivity index (χ3n) is 3.51. The van der Waals surface area contributed by atoms with Crippen molar-refractivity contribution in [2.24, 2.45) is 0 Å². The van der Waals surface area contributed by atoms with Gasteiger partial charge in [-0.1, -0.05) is 6.92 Å². The molecule has 2 heterocycles. The van der Waals surface area contributed by atoms with Crippen LogP contribution in [0.2, 0.25) is 0 Å². The number of hydrogen-bond acceptors (Lipinski definition) is 3. The van der Waals surface area contributed by atoms with Gasteiger partial charge >= 0.3 is 0 Å². The maximum absolute atomic E-state index is 12.4. The average Bonchev–Trinajstić information content (AvgIpc) is 2.87. The van der Waals surface area contributed by atoms with E-state index in [0.29, 0.717) is 6.04 Å². The molecule has 0 aliphatic carbocycles. The van der Waals surface area contributed by atoms with Gasteiger partial charge in [-0.3, -0.25) is 9.48 Å². The second-order valence-electron chi connectivity index (χ2n) is 5.41. The first-order valence-corrected chi connectivity index (χ1v) is 7.22. The van der Waals surface area contributed by atoms with Gasteiger partial charge in [-0.15, -0.1) is 0 Å². The first kappa shape index (κ1) is 14.1. The first-order valence-electron chi connectivity index (χ1n) is 7.22. The number of amides is 1. The van der Waals surface area contributed by atoms with E-state index in [1.807, 2.05) is 15.8 Å². The fourth-order valence-corrected chi connectivity index (χ4v) is 2.39. The summed E-state index contributed by atoms with van der Waals surface area (Å²) in [5.74, 6) is 0.183. The summed E-state index contributed by atoms with van der Waals surface area (Å²) < 4.78 is 1.89. The van der Waals surface area contributed by atoms with Crippen LogP contribution in [0.4, 0.5) is 5.69 Å². The van der Waals surface area contributed by atoms with Crippen molar-refractivity contribution < 1.29 is 4.79 Å². The van der Waals surface area contributed by atoms with E-state index in [2.05, 4.69) is 31.2 Å². The van der Waals surface area contributed by atoms with Crippen LogP contribution in [0, 0.1) is 0 Å². The average molecular weight is 264 g/mol. The maximum Gasteiger partial charge on any atom is 0.244 e. The Hall–Kier alpha value is -1.36. The lowest BCUT2D eigenvalue weighted by molar-refractivity contribution is -0.121. The van der Waals surface area contributed by atoms with Gasteiger partial charge in [-0.25, -0.2) is 0 Å². The Kier molecular flexibility index (Phi) is 4.58. The molecule has 19 heavy (non-hydrogen) atoms. The van der Waals surface area contributed by atoms with Gasteiger partial charge in [0.2, 0.25) is 5.91 Å². The summed E-state index contributed by atoms with van der Waals surface area (Å²) in [4.78, 5) is 14.3. The number of aromatic nitrogens is 2. The van der Waals surface area contributed by atoms with Crippen LogP contribution in [0.5, 0.6) is 0 Å². The van der Waals surface area contributed by atoms with Crippen LogP contribution in [0.3, 0.4) is 0 Å². The third-order valence-corrected chi connectivity index (χ3v) is 3.51. The number of nitrogens with one attached hydrogen (secondary N) is 1. The summed E-state index contributed by atoms with van der Waals surface area (Å²) in [5.41, 5.74) is 0.918. The number of piperidine rings is 1. The van der Waals surface area contributed by atoms with Crippen LogP contribution in [0.15, 0.2) is 12.4 Å².